The molecule has 5 rings (SSSR count). The van der Waals surface area contributed by atoms with Crippen LogP contribution in [0.15, 0.2) is 0 Å². The van der Waals surface area contributed by atoms with Crippen LogP contribution < -0.4 is 34.0 Å². The number of ketones is 1. The molecule has 47 heavy (non-hydrogen) atoms. The zero-order valence-corrected chi connectivity index (χ0v) is 26.3. The Morgan fingerprint density at radius 3 is 2.04 bits per heavy atom. The van der Waals surface area contributed by atoms with E-state index >= 15 is 0 Å². The molecule has 3 aliphatic carbocycles. The first-order valence-electron chi connectivity index (χ1n) is 16.5. The summed E-state index contributed by atoms with van der Waals surface area (Å²) in [5, 5.41) is 78.3. The molecule has 3 saturated carbocycles. The highest BCUT2D eigenvalue weighted by atomic mass is 16.7. The van der Waals surface area contributed by atoms with E-state index in [0.29, 0.717) is 6.54 Å². The highest BCUT2D eigenvalue weighted by molar-refractivity contribution is 5.88. The summed E-state index contributed by atoms with van der Waals surface area (Å²) in [5.74, 6) is -1.08. The maximum atomic E-state index is 13.2. The average Bonchev–Trinajstić information content (AvgIpc) is 3.00. The fourth-order valence-corrected chi connectivity index (χ4v) is 7.63. The number of nitrogens with one attached hydrogen (secondary N) is 1. The molecule has 0 aromatic heterocycles. The first-order chi connectivity index (χ1) is 22.2. The minimum Gasteiger partial charge on any atom is -0.394 e. The van der Waals surface area contributed by atoms with E-state index in [-0.39, 0.29) is 50.2 Å². The fourth-order valence-electron chi connectivity index (χ4n) is 7.63. The first-order valence-corrected chi connectivity index (χ1v) is 16.5. The molecule has 18 heteroatoms. The summed E-state index contributed by atoms with van der Waals surface area (Å²) in [7, 11) is 0. The Morgan fingerprint density at radius 2 is 1.45 bits per heavy atom. The van der Waals surface area contributed by atoms with Crippen molar-refractivity contribution < 1.29 is 59.5 Å². The minimum absolute atomic E-state index is 0.0391. The van der Waals surface area contributed by atoms with Gasteiger partial charge in [0, 0.05) is 31.1 Å². The third kappa shape index (κ3) is 7.69. The standard InChI is InChI=1S/C29H54N6O12/c30-7-15-21(39)23(41)19(35-8-10-1-12(31)2-10)27(44-15)47-26-14(33)3-11(4-17(37)29(43)5-13(32)6-29)25(24(26)42)46-28-22(40)18(34)20(38)16(9-36)45-28/h10-16,18-28,35-36,38-43H,1-9,30-34H2/t10?,11-,12?,13?,14-,15+,16+,18-,19+,20+,21+,22+,23+,24+,25-,26?,27+,28+,29?/m0/s1. The van der Waals surface area contributed by atoms with E-state index in [1.807, 2.05) is 0 Å². The van der Waals surface area contributed by atoms with Crippen LogP contribution in [0.1, 0.15) is 38.5 Å². The van der Waals surface area contributed by atoms with Gasteiger partial charge < -0.3 is 88.7 Å². The van der Waals surface area contributed by atoms with E-state index in [1.165, 1.54) is 0 Å². The first kappa shape index (κ1) is 37.3. The maximum Gasteiger partial charge on any atom is 0.186 e. The Morgan fingerprint density at radius 1 is 0.809 bits per heavy atom. The van der Waals surface area contributed by atoms with E-state index in [4.69, 9.17) is 47.6 Å². The van der Waals surface area contributed by atoms with Crippen molar-refractivity contribution in [2.75, 3.05) is 19.7 Å². The summed E-state index contributed by atoms with van der Waals surface area (Å²) in [6, 6.07) is -3.37. The zero-order valence-electron chi connectivity index (χ0n) is 26.3. The molecule has 2 saturated heterocycles. The molecule has 0 aromatic rings. The molecular weight excluding hydrogens is 624 g/mol. The molecule has 1 unspecified atom stereocenters. The van der Waals surface area contributed by atoms with Gasteiger partial charge in [-0.25, -0.2) is 0 Å². The third-order valence-corrected chi connectivity index (χ3v) is 10.7. The summed E-state index contributed by atoms with van der Waals surface area (Å²) < 4.78 is 23.9. The molecule has 0 aromatic carbocycles. The fraction of sp³-hybridized carbons (Fsp3) is 0.966. The van der Waals surface area contributed by atoms with Crippen LogP contribution in [-0.2, 0) is 23.7 Å². The molecule has 0 bridgehead atoms. The van der Waals surface area contributed by atoms with Crippen LogP contribution in [0.25, 0.3) is 0 Å². The summed E-state index contributed by atoms with van der Waals surface area (Å²) >= 11 is 0. The van der Waals surface area contributed by atoms with Gasteiger partial charge >= 0.3 is 0 Å². The number of ether oxygens (including phenoxy) is 4. The van der Waals surface area contributed by atoms with E-state index in [1.54, 1.807) is 0 Å². The number of carbonyl (C=O) groups excluding carboxylic acids is 1. The Kier molecular flexibility index (Phi) is 11.9. The monoisotopic (exact) mass is 678 g/mol. The molecular formula is C29H54N6O12. The molecule has 272 valence electrons. The van der Waals surface area contributed by atoms with Crippen molar-refractivity contribution in [3.05, 3.63) is 0 Å². The highest BCUT2D eigenvalue weighted by Crippen LogP contribution is 2.39. The van der Waals surface area contributed by atoms with Gasteiger partial charge in [-0.2, -0.15) is 0 Å². The van der Waals surface area contributed by atoms with Crippen LogP contribution in [0, 0.1) is 11.8 Å². The summed E-state index contributed by atoms with van der Waals surface area (Å²) in [5.41, 5.74) is 28.4. The molecule has 2 heterocycles. The number of carbonyl (C=O) groups is 1. The van der Waals surface area contributed by atoms with Gasteiger partial charge in [-0.05, 0) is 50.5 Å². The lowest BCUT2D eigenvalue weighted by Gasteiger charge is -2.50. The average molecular weight is 679 g/mol. The van der Waals surface area contributed by atoms with Gasteiger partial charge in [0.2, 0.25) is 0 Å². The van der Waals surface area contributed by atoms with Crippen LogP contribution in [0.5, 0.6) is 0 Å². The number of hydrogen-bond acceptors (Lipinski definition) is 18. The van der Waals surface area contributed by atoms with Crippen molar-refractivity contribution in [1.29, 1.82) is 0 Å². The second-order valence-electron chi connectivity index (χ2n) is 14.3. The quantitative estimate of drug-likeness (QED) is 0.0911. The van der Waals surface area contributed by atoms with Crippen LogP contribution in [-0.4, -0.2) is 165 Å². The van der Waals surface area contributed by atoms with Crippen molar-refractivity contribution in [3.63, 3.8) is 0 Å². The lowest BCUT2D eigenvalue weighted by atomic mass is 9.69. The van der Waals surface area contributed by atoms with Gasteiger partial charge in [-0.3, -0.25) is 4.79 Å². The topological polar surface area (TPSA) is 338 Å². The van der Waals surface area contributed by atoms with Gasteiger partial charge in [-0.15, -0.1) is 0 Å². The minimum atomic E-state index is -1.63. The summed E-state index contributed by atoms with van der Waals surface area (Å²) in [6.45, 7) is -0.328. The van der Waals surface area contributed by atoms with Gasteiger partial charge in [0.25, 0.3) is 0 Å². The molecule has 15 atom stereocenters. The molecule has 5 fully saturated rings. The predicted molar refractivity (Wildman–Crippen MR) is 162 cm³/mol. The second kappa shape index (κ2) is 15.1. The van der Waals surface area contributed by atoms with Crippen molar-refractivity contribution in [2.45, 2.75) is 142 Å². The molecule has 18 nitrogen and oxygen atoms in total. The van der Waals surface area contributed by atoms with E-state index in [9.17, 15) is 40.5 Å². The lowest BCUT2D eigenvalue weighted by molar-refractivity contribution is -0.324. The van der Waals surface area contributed by atoms with Gasteiger partial charge in [0.1, 0.15) is 54.4 Å². The molecule has 0 radical (unpaired) electrons. The number of nitrogens with two attached hydrogens (primary N) is 5. The zero-order chi connectivity index (χ0) is 34.4. The number of hydrogen-bond donors (Lipinski definition) is 13. The summed E-state index contributed by atoms with van der Waals surface area (Å²) in [6.07, 6.45) is -13.3. The van der Waals surface area contributed by atoms with E-state index < -0.39 is 110 Å². The van der Waals surface area contributed by atoms with E-state index in [0.717, 1.165) is 12.8 Å². The van der Waals surface area contributed by atoms with Crippen molar-refractivity contribution >= 4 is 5.78 Å². The SMILES string of the molecule is NC[C@H]1O[C@H](OC2[C@@H](N)C[C@@H](CC(=O)C3(O)CC(N)C3)[C@H](O[C@H]3O[C@H](CO)[C@@H](O)[C@H](N)[C@H]3O)[C@H]2O)[C@H](NCC2CC(N)C2)[C@@H](O)[C@@H]1O. The number of aliphatic hydroxyl groups excluding tert-OH is 6. The Bertz CT molecular complexity index is 1050. The van der Waals surface area contributed by atoms with E-state index in [2.05, 4.69) is 5.32 Å². The Labute approximate surface area is 272 Å². The predicted octanol–water partition coefficient (Wildman–Crippen LogP) is -6.86. The van der Waals surface area contributed by atoms with Crippen LogP contribution in [0.4, 0.5) is 0 Å². The third-order valence-electron chi connectivity index (χ3n) is 10.7. The molecule has 0 spiro atoms. The molecule has 2 aliphatic heterocycles. The number of rotatable bonds is 12. The van der Waals surface area contributed by atoms with Crippen LogP contribution in [0.2, 0.25) is 0 Å². The van der Waals surface area contributed by atoms with Crippen molar-refractivity contribution in [2.24, 2.45) is 40.5 Å². The molecule has 18 N–H and O–H groups in total. The van der Waals surface area contributed by atoms with Gasteiger partial charge in [-0.1, -0.05) is 0 Å². The Balaban J connectivity index is 1.37. The molecule has 0 amide bonds. The Hall–Kier alpha value is -1.01. The smallest absolute Gasteiger partial charge is 0.186 e. The summed E-state index contributed by atoms with van der Waals surface area (Å²) in [4.78, 5) is 13.2. The highest BCUT2D eigenvalue weighted by Gasteiger charge is 2.54. The van der Waals surface area contributed by atoms with Gasteiger partial charge in [0.15, 0.2) is 18.4 Å². The van der Waals surface area contributed by atoms with Crippen LogP contribution >= 0.6 is 0 Å². The normalized spacial score (nSPS) is 52.0. The second-order valence-corrected chi connectivity index (χ2v) is 14.3. The van der Waals surface area contributed by atoms with Crippen molar-refractivity contribution in [3.8, 4) is 0 Å². The number of Topliss-reactive ketones (excluding diaryl/α,β-unsaturated/α-hetero) is 1. The number of aliphatic hydroxyl groups is 7. The van der Waals surface area contributed by atoms with Crippen molar-refractivity contribution in [1.82, 2.24) is 5.32 Å². The van der Waals surface area contributed by atoms with Crippen LogP contribution in [0.3, 0.4) is 0 Å². The molecule has 5 aliphatic rings. The van der Waals surface area contributed by atoms with Gasteiger partial charge in [0.05, 0.1) is 24.8 Å². The largest absolute Gasteiger partial charge is 0.394 e. The lowest BCUT2D eigenvalue weighted by Crippen LogP contribution is -2.68. The maximum absolute atomic E-state index is 13.2.